The van der Waals surface area contributed by atoms with E-state index in [1.165, 1.54) is 0 Å². The molecule has 0 heterocycles. The van der Waals surface area contributed by atoms with Gasteiger partial charge in [-0.3, -0.25) is 0 Å². The smallest absolute Gasteiger partial charge is 0.115 e. The highest BCUT2D eigenvalue weighted by atomic mass is 16.3. The Balaban J connectivity index is 3.20. The predicted octanol–water partition coefficient (Wildman–Crippen LogP) is 1.30. The van der Waals surface area contributed by atoms with Crippen LogP contribution in [0.5, 0.6) is 0 Å². The molecule has 0 bridgehead atoms. The summed E-state index contributed by atoms with van der Waals surface area (Å²) in [5, 5.41) is 11.2. The lowest BCUT2D eigenvalue weighted by molar-refractivity contribution is 0.258. The molecule has 0 aromatic rings. The van der Waals surface area contributed by atoms with Gasteiger partial charge < -0.3 is 5.11 Å². The molecule has 0 rings (SSSR count). The van der Waals surface area contributed by atoms with Gasteiger partial charge in [0.15, 0.2) is 0 Å². The van der Waals surface area contributed by atoms with E-state index in [0.29, 0.717) is 0 Å². The van der Waals surface area contributed by atoms with E-state index >= 15 is 0 Å². The molecular formula is C6H13NO2. The van der Waals surface area contributed by atoms with E-state index in [1.807, 2.05) is 6.92 Å². The van der Waals surface area contributed by atoms with Gasteiger partial charge in [-0.1, -0.05) is 24.9 Å². The molecule has 0 amide bonds. The van der Waals surface area contributed by atoms with Crippen LogP contribution >= 0.6 is 0 Å². The number of hydrogen-bond donors (Lipinski definition) is 1. The minimum absolute atomic E-state index is 0.108. The number of unbranched alkanes of at least 4 members (excludes halogenated alkanes) is 1. The summed E-state index contributed by atoms with van der Waals surface area (Å²) in [6.45, 7) is 1.93. The molecule has 1 unspecified atom stereocenters. The average Bonchev–Trinajstić information content (AvgIpc) is 1.91. The molecule has 0 aliphatic heterocycles. The summed E-state index contributed by atoms with van der Waals surface area (Å²) in [4.78, 5) is 9.83. The second-order valence-corrected chi connectivity index (χ2v) is 2.08. The summed E-state index contributed by atoms with van der Waals surface area (Å²) >= 11 is 0. The van der Waals surface area contributed by atoms with Crippen molar-refractivity contribution in [2.24, 2.45) is 5.18 Å². The molecule has 1 N–H and O–H groups in total. The number of nitroso groups, excluding NO2 is 1. The topological polar surface area (TPSA) is 49.7 Å². The first-order chi connectivity index (χ1) is 4.35. The van der Waals surface area contributed by atoms with Crippen LogP contribution in [0.3, 0.4) is 0 Å². The third-order valence-electron chi connectivity index (χ3n) is 1.25. The van der Waals surface area contributed by atoms with Crippen molar-refractivity contribution in [2.75, 3.05) is 6.61 Å². The first-order valence-electron chi connectivity index (χ1n) is 3.28. The van der Waals surface area contributed by atoms with Crippen molar-refractivity contribution in [1.82, 2.24) is 0 Å². The Morgan fingerprint density at radius 3 is 2.67 bits per heavy atom. The lowest BCUT2D eigenvalue weighted by Gasteiger charge is -2.01. The van der Waals surface area contributed by atoms with Crippen LogP contribution in [0.2, 0.25) is 0 Å². The first kappa shape index (κ1) is 8.56. The number of hydrogen-bond acceptors (Lipinski definition) is 3. The van der Waals surface area contributed by atoms with Gasteiger partial charge in [0, 0.05) is 0 Å². The van der Waals surface area contributed by atoms with Crippen molar-refractivity contribution in [2.45, 2.75) is 32.2 Å². The third-order valence-corrected chi connectivity index (χ3v) is 1.25. The average molecular weight is 131 g/mol. The Morgan fingerprint density at radius 2 is 2.33 bits per heavy atom. The summed E-state index contributed by atoms with van der Waals surface area (Å²) < 4.78 is 0. The van der Waals surface area contributed by atoms with Gasteiger partial charge in [-0.2, -0.15) is 4.91 Å². The molecular weight excluding hydrogens is 118 g/mol. The van der Waals surface area contributed by atoms with Crippen LogP contribution in [0.15, 0.2) is 5.18 Å². The lowest BCUT2D eigenvalue weighted by atomic mass is 10.1. The van der Waals surface area contributed by atoms with Gasteiger partial charge in [-0.15, -0.1) is 0 Å². The van der Waals surface area contributed by atoms with Crippen LogP contribution < -0.4 is 0 Å². The summed E-state index contributed by atoms with van der Waals surface area (Å²) in [5.41, 5.74) is 0. The number of nitrogens with zero attached hydrogens (tertiary/aromatic N) is 1. The second-order valence-electron chi connectivity index (χ2n) is 2.08. The van der Waals surface area contributed by atoms with E-state index in [2.05, 4.69) is 5.18 Å². The highest BCUT2D eigenvalue weighted by molar-refractivity contribution is 4.62. The molecule has 3 nitrogen and oxygen atoms in total. The molecule has 54 valence electrons. The fourth-order valence-electron chi connectivity index (χ4n) is 0.617. The Morgan fingerprint density at radius 1 is 1.67 bits per heavy atom. The summed E-state index contributed by atoms with van der Waals surface area (Å²) in [6.07, 6.45) is 2.74. The quantitative estimate of drug-likeness (QED) is 0.572. The molecule has 0 saturated heterocycles. The lowest BCUT2D eigenvalue weighted by Crippen LogP contribution is -2.08. The molecule has 0 spiro atoms. The van der Waals surface area contributed by atoms with E-state index in [4.69, 9.17) is 5.11 Å². The van der Waals surface area contributed by atoms with Crippen LogP contribution in [-0.4, -0.2) is 17.8 Å². The van der Waals surface area contributed by atoms with Gasteiger partial charge in [0.05, 0.1) is 6.61 Å². The summed E-state index contributed by atoms with van der Waals surface area (Å²) in [6, 6.07) is -0.370. The zero-order valence-corrected chi connectivity index (χ0v) is 5.71. The van der Waals surface area contributed by atoms with Gasteiger partial charge in [0.2, 0.25) is 0 Å². The van der Waals surface area contributed by atoms with Gasteiger partial charge in [0.1, 0.15) is 6.04 Å². The molecule has 0 aliphatic carbocycles. The fourth-order valence-corrected chi connectivity index (χ4v) is 0.617. The monoisotopic (exact) mass is 131 g/mol. The van der Waals surface area contributed by atoms with E-state index in [-0.39, 0.29) is 12.6 Å². The molecule has 0 fully saturated rings. The zero-order chi connectivity index (χ0) is 7.11. The van der Waals surface area contributed by atoms with Crippen molar-refractivity contribution < 1.29 is 5.11 Å². The van der Waals surface area contributed by atoms with E-state index in [0.717, 1.165) is 19.3 Å². The normalized spacial score (nSPS) is 13.1. The second kappa shape index (κ2) is 5.69. The van der Waals surface area contributed by atoms with E-state index < -0.39 is 0 Å². The van der Waals surface area contributed by atoms with Gasteiger partial charge in [-0.25, -0.2) is 0 Å². The van der Waals surface area contributed by atoms with E-state index in [1.54, 1.807) is 0 Å². The van der Waals surface area contributed by atoms with Gasteiger partial charge in [-0.05, 0) is 6.42 Å². The Kier molecular flexibility index (Phi) is 5.41. The molecule has 0 radical (unpaired) electrons. The maximum atomic E-state index is 9.83. The van der Waals surface area contributed by atoms with Crippen molar-refractivity contribution >= 4 is 0 Å². The largest absolute Gasteiger partial charge is 0.394 e. The molecule has 9 heavy (non-hydrogen) atoms. The molecule has 0 aromatic carbocycles. The van der Waals surface area contributed by atoms with Crippen LogP contribution in [0.25, 0.3) is 0 Å². The zero-order valence-electron chi connectivity index (χ0n) is 5.71. The van der Waals surface area contributed by atoms with Crippen molar-refractivity contribution in [3.63, 3.8) is 0 Å². The Labute approximate surface area is 55.1 Å². The van der Waals surface area contributed by atoms with Crippen LogP contribution in [0.1, 0.15) is 26.2 Å². The maximum absolute atomic E-state index is 9.83. The van der Waals surface area contributed by atoms with Crippen molar-refractivity contribution in [3.8, 4) is 0 Å². The first-order valence-corrected chi connectivity index (χ1v) is 3.28. The summed E-state index contributed by atoms with van der Waals surface area (Å²) in [7, 11) is 0. The minimum Gasteiger partial charge on any atom is -0.394 e. The predicted molar refractivity (Wildman–Crippen MR) is 36.2 cm³/mol. The molecule has 3 heteroatoms. The van der Waals surface area contributed by atoms with Gasteiger partial charge >= 0.3 is 0 Å². The fraction of sp³-hybridized carbons (Fsp3) is 1.00. The molecule has 0 aliphatic rings. The molecule has 0 aromatic heterocycles. The van der Waals surface area contributed by atoms with E-state index in [9.17, 15) is 4.91 Å². The van der Waals surface area contributed by atoms with Crippen LogP contribution in [-0.2, 0) is 0 Å². The highest BCUT2D eigenvalue weighted by Gasteiger charge is 2.03. The molecule has 1 atom stereocenters. The van der Waals surface area contributed by atoms with Gasteiger partial charge in [0.25, 0.3) is 0 Å². The Hall–Kier alpha value is -0.440. The molecule has 0 saturated carbocycles. The van der Waals surface area contributed by atoms with Crippen LogP contribution in [0, 0.1) is 4.91 Å². The standard InChI is InChI=1S/C6H13NO2/c1-2-3-4-6(5-8)7-9/h6,8H,2-5H2,1H3. The Bertz CT molecular complexity index is 75.5. The number of rotatable bonds is 5. The third kappa shape index (κ3) is 4.09. The SMILES string of the molecule is CCCCC(CO)N=O. The minimum atomic E-state index is -0.370. The van der Waals surface area contributed by atoms with Crippen molar-refractivity contribution in [3.05, 3.63) is 4.91 Å². The summed E-state index contributed by atoms with van der Waals surface area (Å²) in [5.74, 6) is 0. The maximum Gasteiger partial charge on any atom is 0.115 e. The van der Waals surface area contributed by atoms with Crippen molar-refractivity contribution in [1.29, 1.82) is 0 Å². The highest BCUT2D eigenvalue weighted by Crippen LogP contribution is 2.02. The number of aliphatic hydroxyl groups is 1. The number of aliphatic hydroxyl groups excluding tert-OH is 1. The van der Waals surface area contributed by atoms with Crippen LogP contribution in [0.4, 0.5) is 0 Å².